The second kappa shape index (κ2) is 10.8. The Morgan fingerprint density at radius 3 is 2.56 bits per heavy atom. The zero-order chi connectivity index (χ0) is 23.1. The van der Waals surface area contributed by atoms with Crippen LogP contribution in [0.4, 0.5) is 0 Å². The summed E-state index contributed by atoms with van der Waals surface area (Å²) in [7, 11) is 0. The smallest absolute Gasteiger partial charge is 0.307 e. The number of hydrogen-bond donors (Lipinski definition) is 1. The average Bonchev–Trinajstić information content (AvgIpc) is 3.25. The monoisotopic (exact) mass is 452 g/mol. The minimum atomic E-state index is -0.475. The van der Waals surface area contributed by atoms with E-state index >= 15 is 0 Å². The van der Waals surface area contributed by atoms with E-state index in [0.29, 0.717) is 22.9 Å². The highest BCUT2D eigenvalue weighted by atomic mass is 35.5. The van der Waals surface area contributed by atoms with E-state index in [1.54, 1.807) is 13.8 Å². The number of allylic oxidation sites excluding steroid dienone is 1. The number of carbonyl (C=O) groups excluding carboxylic acids is 2. The molecule has 0 radical (unpaired) electrons. The first-order chi connectivity index (χ1) is 15.4. The van der Waals surface area contributed by atoms with Gasteiger partial charge in [0.2, 0.25) is 11.7 Å². The van der Waals surface area contributed by atoms with E-state index in [1.165, 1.54) is 6.20 Å². The van der Waals surface area contributed by atoms with Crippen LogP contribution < -0.4 is 5.32 Å². The molecule has 7 heteroatoms. The minimum Gasteiger partial charge on any atom is -0.466 e. The maximum absolute atomic E-state index is 12.7. The predicted octanol–water partition coefficient (Wildman–Crippen LogP) is 5.32. The highest BCUT2D eigenvalue weighted by Gasteiger charge is 2.21. The molecule has 1 N–H and O–H groups in total. The Morgan fingerprint density at radius 1 is 1.19 bits per heavy atom. The van der Waals surface area contributed by atoms with Gasteiger partial charge in [-0.15, -0.1) is 0 Å². The SMILES string of the molecule is C=C(C)c1ncc(C(=O)N[C@@H](CC(=O)OCC)Cc2ccc(-c3cccc(Cl)c3)cc2)o1. The first kappa shape index (κ1) is 23.3. The third-order valence-corrected chi connectivity index (χ3v) is 4.98. The van der Waals surface area contributed by atoms with Crippen LogP contribution >= 0.6 is 11.6 Å². The fourth-order valence-electron chi connectivity index (χ4n) is 3.21. The van der Waals surface area contributed by atoms with Crippen LogP contribution in [0.3, 0.4) is 0 Å². The molecule has 0 aliphatic rings. The van der Waals surface area contributed by atoms with Crippen LogP contribution in [0, 0.1) is 0 Å². The Hall–Kier alpha value is -3.38. The number of carbonyl (C=O) groups is 2. The summed E-state index contributed by atoms with van der Waals surface area (Å²) in [5.41, 5.74) is 3.62. The van der Waals surface area contributed by atoms with Crippen molar-refractivity contribution in [3.63, 3.8) is 0 Å². The van der Waals surface area contributed by atoms with Crippen molar-refractivity contribution in [1.82, 2.24) is 10.3 Å². The molecule has 6 nitrogen and oxygen atoms in total. The Morgan fingerprint density at radius 2 is 1.94 bits per heavy atom. The van der Waals surface area contributed by atoms with Gasteiger partial charge in [-0.1, -0.05) is 54.6 Å². The number of nitrogens with one attached hydrogen (secondary N) is 1. The lowest BCUT2D eigenvalue weighted by molar-refractivity contribution is -0.143. The van der Waals surface area contributed by atoms with E-state index < -0.39 is 11.9 Å². The summed E-state index contributed by atoms with van der Waals surface area (Å²) in [5, 5.41) is 3.53. The number of aromatic nitrogens is 1. The number of nitrogens with zero attached hydrogens (tertiary/aromatic N) is 1. The number of hydrogen-bond acceptors (Lipinski definition) is 5. The van der Waals surface area contributed by atoms with Crippen molar-refractivity contribution in [2.24, 2.45) is 0 Å². The molecule has 0 bridgehead atoms. The van der Waals surface area contributed by atoms with Crippen LogP contribution in [-0.4, -0.2) is 29.5 Å². The van der Waals surface area contributed by atoms with Gasteiger partial charge < -0.3 is 14.5 Å². The van der Waals surface area contributed by atoms with Gasteiger partial charge in [-0.2, -0.15) is 0 Å². The van der Waals surface area contributed by atoms with Crippen molar-refractivity contribution in [3.8, 4) is 11.1 Å². The summed E-state index contributed by atoms with van der Waals surface area (Å²) in [4.78, 5) is 28.8. The Balaban J connectivity index is 1.73. The molecule has 0 aliphatic heterocycles. The van der Waals surface area contributed by atoms with Gasteiger partial charge in [0.15, 0.2) is 0 Å². The molecule has 32 heavy (non-hydrogen) atoms. The number of ether oxygens (including phenoxy) is 1. The summed E-state index contributed by atoms with van der Waals surface area (Å²) in [6, 6.07) is 15.0. The number of esters is 1. The number of rotatable bonds is 9. The van der Waals surface area contributed by atoms with E-state index in [9.17, 15) is 9.59 Å². The third kappa shape index (κ3) is 6.31. The van der Waals surface area contributed by atoms with E-state index in [2.05, 4.69) is 16.9 Å². The fourth-order valence-corrected chi connectivity index (χ4v) is 3.40. The van der Waals surface area contributed by atoms with Gasteiger partial charge in [-0.3, -0.25) is 9.59 Å². The van der Waals surface area contributed by atoms with Crippen molar-refractivity contribution in [2.45, 2.75) is 32.7 Å². The molecular formula is C25H25ClN2O4. The molecule has 0 unspecified atom stereocenters. The van der Waals surface area contributed by atoms with Gasteiger partial charge >= 0.3 is 5.97 Å². The van der Waals surface area contributed by atoms with E-state index in [1.807, 2.05) is 48.5 Å². The van der Waals surface area contributed by atoms with Gasteiger partial charge in [0.1, 0.15) is 0 Å². The lowest BCUT2D eigenvalue weighted by Gasteiger charge is -2.18. The lowest BCUT2D eigenvalue weighted by atomic mass is 9.99. The van der Waals surface area contributed by atoms with Crippen LogP contribution in [0.25, 0.3) is 16.7 Å². The zero-order valence-corrected chi connectivity index (χ0v) is 18.8. The molecule has 3 aromatic rings. The summed E-state index contributed by atoms with van der Waals surface area (Å²) in [5.74, 6) is -0.467. The van der Waals surface area contributed by atoms with Gasteiger partial charge in [0, 0.05) is 16.6 Å². The molecule has 1 heterocycles. The Kier molecular flexibility index (Phi) is 7.84. The van der Waals surface area contributed by atoms with Gasteiger partial charge in [0.25, 0.3) is 5.91 Å². The third-order valence-electron chi connectivity index (χ3n) is 4.74. The summed E-state index contributed by atoms with van der Waals surface area (Å²) in [6.45, 7) is 7.51. The topological polar surface area (TPSA) is 81.4 Å². The number of halogens is 1. The Bertz CT molecular complexity index is 1110. The van der Waals surface area contributed by atoms with Gasteiger partial charge in [-0.25, -0.2) is 4.98 Å². The van der Waals surface area contributed by atoms with Crippen molar-refractivity contribution in [3.05, 3.63) is 83.5 Å². The standard InChI is InChI=1S/C25H25ClN2O4/c1-4-31-23(29)14-21(28-24(30)22-15-27-25(32-22)16(2)3)12-17-8-10-18(11-9-17)19-6-5-7-20(26)13-19/h5-11,13,15,21H,2,4,12,14H2,1,3H3,(H,28,30)/t21-/m1/s1. The molecule has 1 amide bonds. The zero-order valence-electron chi connectivity index (χ0n) is 18.1. The summed E-state index contributed by atoms with van der Waals surface area (Å²) in [6.07, 6.45) is 1.83. The maximum atomic E-state index is 12.7. The van der Waals surface area contributed by atoms with Crippen LogP contribution in [0.5, 0.6) is 0 Å². The highest BCUT2D eigenvalue weighted by molar-refractivity contribution is 6.30. The van der Waals surface area contributed by atoms with Crippen molar-refractivity contribution < 1.29 is 18.7 Å². The summed E-state index contributed by atoms with van der Waals surface area (Å²) < 4.78 is 10.5. The predicted molar refractivity (Wildman–Crippen MR) is 124 cm³/mol. The molecule has 166 valence electrons. The second-order valence-electron chi connectivity index (χ2n) is 7.40. The fraction of sp³-hybridized carbons (Fsp3) is 0.240. The van der Waals surface area contributed by atoms with Crippen molar-refractivity contribution >= 4 is 29.1 Å². The molecule has 1 aromatic heterocycles. The number of amides is 1. The lowest BCUT2D eigenvalue weighted by Crippen LogP contribution is -2.38. The number of benzene rings is 2. The molecule has 2 aromatic carbocycles. The molecular weight excluding hydrogens is 428 g/mol. The maximum Gasteiger partial charge on any atom is 0.307 e. The molecule has 1 atom stereocenters. The van der Waals surface area contributed by atoms with Crippen LogP contribution in [0.2, 0.25) is 5.02 Å². The van der Waals surface area contributed by atoms with Crippen LogP contribution in [-0.2, 0) is 16.0 Å². The first-order valence-electron chi connectivity index (χ1n) is 10.3. The van der Waals surface area contributed by atoms with Gasteiger partial charge in [0.05, 0.1) is 19.2 Å². The molecule has 0 fully saturated rings. The van der Waals surface area contributed by atoms with Crippen molar-refractivity contribution in [2.75, 3.05) is 6.61 Å². The largest absolute Gasteiger partial charge is 0.466 e. The van der Waals surface area contributed by atoms with E-state index in [4.69, 9.17) is 20.8 Å². The molecule has 0 saturated heterocycles. The summed E-state index contributed by atoms with van der Waals surface area (Å²) >= 11 is 6.09. The first-order valence-corrected chi connectivity index (χ1v) is 10.7. The van der Waals surface area contributed by atoms with E-state index in [0.717, 1.165) is 16.7 Å². The highest BCUT2D eigenvalue weighted by Crippen LogP contribution is 2.23. The van der Waals surface area contributed by atoms with Crippen LogP contribution in [0.1, 0.15) is 42.3 Å². The normalized spacial score (nSPS) is 11.6. The van der Waals surface area contributed by atoms with Crippen LogP contribution in [0.15, 0.2) is 65.7 Å². The molecule has 0 saturated carbocycles. The van der Waals surface area contributed by atoms with Gasteiger partial charge in [-0.05, 0) is 49.1 Å². The quantitative estimate of drug-likeness (QED) is 0.444. The molecule has 0 spiro atoms. The van der Waals surface area contributed by atoms with Crippen molar-refractivity contribution in [1.29, 1.82) is 0 Å². The number of oxazole rings is 1. The second-order valence-corrected chi connectivity index (χ2v) is 7.84. The molecule has 3 rings (SSSR count). The average molecular weight is 453 g/mol. The van der Waals surface area contributed by atoms with E-state index in [-0.39, 0.29) is 24.8 Å². The molecule has 0 aliphatic carbocycles. The Labute approximate surface area is 192 Å². The minimum absolute atomic E-state index is 0.0388.